The summed E-state index contributed by atoms with van der Waals surface area (Å²) in [5, 5.41) is 10.9. The van der Waals surface area contributed by atoms with E-state index in [4.69, 9.17) is 14.9 Å². The number of anilines is 1. The first-order valence-electron chi connectivity index (χ1n) is 4.04. The predicted octanol–water partition coefficient (Wildman–Crippen LogP) is -0.297. The number of carboxylic acids is 1. The third-order valence-electron chi connectivity index (χ3n) is 1.75. The zero-order valence-electron chi connectivity index (χ0n) is 7.84. The first-order chi connectivity index (χ1) is 6.80. The zero-order valence-corrected chi connectivity index (χ0v) is 8.73. The van der Waals surface area contributed by atoms with E-state index >= 15 is 0 Å². The molecule has 7 nitrogen and oxygen atoms in total. The number of rotatable bonds is 4. The van der Waals surface area contributed by atoms with E-state index in [2.05, 4.69) is 10.3 Å². The molecule has 1 aromatic heterocycles. The van der Waals surface area contributed by atoms with Crippen LogP contribution in [-0.2, 0) is 9.36 Å². The molecule has 0 saturated heterocycles. The Morgan fingerprint density at radius 3 is 2.60 bits per heavy atom. The van der Waals surface area contributed by atoms with Crippen LogP contribution < -0.4 is 10.6 Å². The molecule has 0 bridgehead atoms. The van der Waals surface area contributed by atoms with Gasteiger partial charge < -0.3 is 25.2 Å². The van der Waals surface area contributed by atoms with Gasteiger partial charge in [-0.3, -0.25) is 9.36 Å². The van der Waals surface area contributed by atoms with E-state index in [0.29, 0.717) is 0 Å². The highest BCUT2D eigenvalue weighted by atomic mass is 31.2. The van der Waals surface area contributed by atoms with Crippen LogP contribution in [-0.4, -0.2) is 31.9 Å². The lowest BCUT2D eigenvalue weighted by Crippen LogP contribution is -2.25. The van der Waals surface area contributed by atoms with Crippen LogP contribution >= 0.6 is 7.60 Å². The summed E-state index contributed by atoms with van der Waals surface area (Å²) in [6.45, 7) is 1.42. The molecule has 1 heterocycles. The topological polar surface area (TPSA) is 123 Å². The molecule has 0 aromatic carbocycles. The van der Waals surface area contributed by atoms with Crippen LogP contribution in [0.25, 0.3) is 0 Å². The van der Waals surface area contributed by atoms with E-state index in [9.17, 15) is 9.36 Å². The van der Waals surface area contributed by atoms with E-state index in [1.54, 1.807) is 0 Å². The SMILES string of the molecule is C[C@H](Nc1cc(P(=O)(O)O)c[nH]1)C(=O)O. The third-order valence-corrected chi connectivity index (χ3v) is 2.68. The number of nitrogens with one attached hydrogen (secondary N) is 2. The number of hydrogen-bond acceptors (Lipinski definition) is 3. The molecule has 1 rings (SSSR count). The average molecular weight is 234 g/mol. The Balaban J connectivity index is 2.78. The van der Waals surface area contributed by atoms with E-state index in [-0.39, 0.29) is 11.1 Å². The Labute approximate surface area is 85.3 Å². The van der Waals surface area contributed by atoms with Crippen LogP contribution in [0, 0.1) is 0 Å². The maximum Gasteiger partial charge on any atom is 0.357 e. The molecule has 15 heavy (non-hydrogen) atoms. The van der Waals surface area contributed by atoms with Crippen molar-refractivity contribution in [3.63, 3.8) is 0 Å². The molecule has 0 unspecified atom stereocenters. The summed E-state index contributed by atoms with van der Waals surface area (Å²) >= 11 is 0. The van der Waals surface area contributed by atoms with Gasteiger partial charge in [0.1, 0.15) is 11.9 Å². The quantitative estimate of drug-likeness (QED) is 0.456. The Morgan fingerprint density at radius 2 is 2.20 bits per heavy atom. The first-order valence-corrected chi connectivity index (χ1v) is 5.66. The Morgan fingerprint density at radius 1 is 1.60 bits per heavy atom. The maximum atomic E-state index is 10.8. The second kappa shape index (κ2) is 4.06. The van der Waals surface area contributed by atoms with Crippen LogP contribution in [0.5, 0.6) is 0 Å². The van der Waals surface area contributed by atoms with Gasteiger partial charge in [-0.2, -0.15) is 0 Å². The van der Waals surface area contributed by atoms with Gasteiger partial charge in [0.05, 0.1) is 5.30 Å². The highest BCUT2D eigenvalue weighted by Gasteiger charge is 2.19. The van der Waals surface area contributed by atoms with Gasteiger partial charge in [0, 0.05) is 6.20 Å². The number of aliphatic carboxylic acids is 1. The van der Waals surface area contributed by atoms with Crippen LogP contribution in [0.4, 0.5) is 5.82 Å². The van der Waals surface area contributed by atoms with Gasteiger partial charge in [0.15, 0.2) is 0 Å². The van der Waals surface area contributed by atoms with Crippen molar-refractivity contribution in [3.05, 3.63) is 12.3 Å². The van der Waals surface area contributed by atoms with Crippen LogP contribution in [0.2, 0.25) is 0 Å². The monoisotopic (exact) mass is 234 g/mol. The fourth-order valence-corrected chi connectivity index (χ4v) is 1.46. The van der Waals surface area contributed by atoms with E-state index < -0.39 is 19.6 Å². The Kier molecular flexibility index (Phi) is 3.18. The van der Waals surface area contributed by atoms with Gasteiger partial charge in [0.2, 0.25) is 0 Å². The number of H-pyrrole nitrogens is 1. The number of carbonyl (C=O) groups is 1. The smallest absolute Gasteiger partial charge is 0.357 e. The van der Waals surface area contributed by atoms with Crippen molar-refractivity contribution in [2.45, 2.75) is 13.0 Å². The van der Waals surface area contributed by atoms with Gasteiger partial charge in [-0.15, -0.1) is 0 Å². The van der Waals surface area contributed by atoms with Crippen LogP contribution in [0.1, 0.15) is 6.92 Å². The maximum absolute atomic E-state index is 10.8. The van der Waals surface area contributed by atoms with Crippen molar-refractivity contribution in [1.82, 2.24) is 4.98 Å². The second-order valence-electron chi connectivity index (χ2n) is 3.02. The van der Waals surface area contributed by atoms with Gasteiger partial charge in [0.25, 0.3) is 0 Å². The highest BCUT2D eigenvalue weighted by Crippen LogP contribution is 2.33. The minimum absolute atomic E-state index is 0.178. The largest absolute Gasteiger partial charge is 0.480 e. The summed E-state index contributed by atoms with van der Waals surface area (Å²) in [6.07, 6.45) is 1.14. The average Bonchev–Trinajstić information content (AvgIpc) is 2.51. The van der Waals surface area contributed by atoms with E-state index in [1.807, 2.05) is 0 Å². The van der Waals surface area contributed by atoms with Crippen molar-refractivity contribution in [3.8, 4) is 0 Å². The second-order valence-corrected chi connectivity index (χ2v) is 4.62. The normalized spacial score (nSPS) is 13.5. The van der Waals surface area contributed by atoms with Crippen molar-refractivity contribution >= 4 is 24.7 Å². The fraction of sp³-hybridized carbons (Fsp3) is 0.286. The third kappa shape index (κ3) is 3.09. The molecule has 84 valence electrons. The highest BCUT2D eigenvalue weighted by molar-refractivity contribution is 7.60. The number of hydrogen-bond donors (Lipinski definition) is 5. The van der Waals surface area contributed by atoms with Gasteiger partial charge in [-0.1, -0.05) is 0 Å². The molecule has 0 aliphatic heterocycles. The summed E-state index contributed by atoms with van der Waals surface area (Å²) < 4.78 is 10.8. The zero-order chi connectivity index (χ0) is 11.6. The van der Waals surface area contributed by atoms with Crippen molar-refractivity contribution in [2.75, 3.05) is 5.32 Å². The molecule has 8 heteroatoms. The first kappa shape index (κ1) is 11.8. The van der Waals surface area contributed by atoms with E-state index in [0.717, 1.165) is 6.20 Å². The molecule has 0 spiro atoms. The van der Waals surface area contributed by atoms with Gasteiger partial charge >= 0.3 is 13.6 Å². The summed E-state index contributed by atoms with van der Waals surface area (Å²) in [6, 6.07) is 0.341. The fourth-order valence-electron chi connectivity index (χ4n) is 0.929. The standard InChI is InChI=1S/C7H11N2O5P/c1-4(7(10)11)9-6-2-5(3-8-6)15(12,13)14/h2-4,8-9H,1H3,(H,10,11)(H2,12,13,14)/t4-/m0/s1. The molecule has 0 saturated carbocycles. The number of aromatic nitrogens is 1. The summed E-state index contributed by atoms with van der Waals surface area (Å²) in [5.41, 5.74) is 0. The Bertz CT molecular complexity index is 409. The summed E-state index contributed by atoms with van der Waals surface area (Å²) in [7, 11) is -4.28. The van der Waals surface area contributed by atoms with Crippen LogP contribution in [0.15, 0.2) is 12.3 Å². The molecule has 0 amide bonds. The van der Waals surface area contributed by atoms with E-state index in [1.165, 1.54) is 13.0 Å². The molecule has 0 radical (unpaired) electrons. The molecule has 0 aliphatic carbocycles. The molecular formula is C7H11N2O5P. The molecule has 1 atom stereocenters. The summed E-state index contributed by atoms with van der Waals surface area (Å²) in [4.78, 5) is 30.6. The number of carboxylic acid groups (broad SMARTS) is 1. The van der Waals surface area contributed by atoms with Crippen molar-refractivity contribution in [2.24, 2.45) is 0 Å². The Hall–Kier alpha value is -1.30. The lowest BCUT2D eigenvalue weighted by molar-refractivity contribution is -0.137. The lowest BCUT2D eigenvalue weighted by atomic mass is 10.3. The van der Waals surface area contributed by atoms with Crippen LogP contribution in [0.3, 0.4) is 0 Å². The van der Waals surface area contributed by atoms with Gasteiger partial charge in [-0.25, -0.2) is 0 Å². The van der Waals surface area contributed by atoms with Gasteiger partial charge in [-0.05, 0) is 13.0 Å². The van der Waals surface area contributed by atoms with Crippen molar-refractivity contribution < 1.29 is 24.3 Å². The molecular weight excluding hydrogens is 223 g/mol. The molecule has 5 N–H and O–H groups in total. The van der Waals surface area contributed by atoms with Crippen molar-refractivity contribution in [1.29, 1.82) is 0 Å². The molecule has 0 aliphatic rings. The molecule has 0 fully saturated rings. The summed E-state index contributed by atoms with van der Waals surface area (Å²) in [5.74, 6) is -0.800. The predicted molar refractivity (Wildman–Crippen MR) is 53.2 cm³/mol. The molecule has 1 aromatic rings. The lowest BCUT2D eigenvalue weighted by Gasteiger charge is -2.07. The minimum Gasteiger partial charge on any atom is -0.480 e. The minimum atomic E-state index is -4.28. The number of aromatic amines is 1.